The smallest absolute Gasteiger partial charge is 0.415 e. The third-order valence-electron chi connectivity index (χ3n) is 7.72. The molecular weight excluding hydrogens is 472 g/mol. The van der Waals surface area contributed by atoms with Crippen LogP contribution in [-0.4, -0.2) is 59.9 Å². The summed E-state index contributed by atoms with van der Waals surface area (Å²) in [6.07, 6.45) is 0.973. The van der Waals surface area contributed by atoms with Gasteiger partial charge >= 0.3 is 6.09 Å². The number of benzene rings is 2. The average Bonchev–Trinajstić information content (AvgIpc) is 3.41. The highest BCUT2D eigenvalue weighted by Crippen LogP contribution is 2.46. The monoisotopic (exact) mass is 504 g/mol. The molecule has 5 rings (SSSR count). The number of ketones is 1. The van der Waals surface area contributed by atoms with Gasteiger partial charge in [-0.2, -0.15) is 0 Å². The first-order valence-corrected chi connectivity index (χ1v) is 12.7. The molecule has 0 aromatic heterocycles. The fourth-order valence-electron chi connectivity index (χ4n) is 5.23. The first-order chi connectivity index (χ1) is 17.6. The molecule has 194 valence electrons. The van der Waals surface area contributed by atoms with Crippen LogP contribution in [0.4, 0.5) is 16.2 Å². The molecule has 3 amide bonds. The van der Waals surface area contributed by atoms with E-state index in [1.165, 1.54) is 0 Å². The summed E-state index contributed by atoms with van der Waals surface area (Å²) in [6, 6.07) is 14.4. The lowest BCUT2D eigenvalue weighted by Crippen LogP contribution is -2.59. The van der Waals surface area contributed by atoms with Gasteiger partial charge in [0.25, 0.3) is 0 Å². The van der Waals surface area contributed by atoms with Crippen LogP contribution in [0.25, 0.3) is 0 Å². The van der Waals surface area contributed by atoms with Crippen LogP contribution in [0.2, 0.25) is 0 Å². The van der Waals surface area contributed by atoms with Crippen LogP contribution in [0.5, 0.6) is 0 Å². The Bertz CT molecular complexity index is 1240. The van der Waals surface area contributed by atoms with E-state index >= 15 is 0 Å². The maximum absolute atomic E-state index is 12.6. The first-order valence-electron chi connectivity index (χ1n) is 12.7. The SMILES string of the molecule is CCC(=O)NC1CC12CN(c1ccc(C3(C)CN(C(=O)CCC(=O)c4ccc(N)cc4)C3)cc1)C(=O)O2. The zero-order valence-electron chi connectivity index (χ0n) is 21.2. The number of hydrogen-bond acceptors (Lipinski definition) is 6. The summed E-state index contributed by atoms with van der Waals surface area (Å²) in [5, 5.41) is 2.91. The Labute approximate surface area is 215 Å². The fraction of sp³-hybridized carbons (Fsp3) is 0.429. The van der Waals surface area contributed by atoms with Gasteiger partial charge in [-0.05, 0) is 42.0 Å². The third-order valence-corrected chi connectivity index (χ3v) is 7.72. The standard InChI is InChI=1S/C28H32N4O5/c1-3-24(34)30-23-14-28(23)17-32(26(36)37-28)21-10-6-19(7-11-21)27(2)15-31(16-27)25(35)13-12-22(33)18-4-8-20(29)9-5-18/h4-11,23H,3,12-17,29H2,1-2H3,(H,30,34). The van der Waals surface area contributed by atoms with Crippen LogP contribution in [0, 0.1) is 0 Å². The number of anilines is 2. The molecule has 3 fully saturated rings. The van der Waals surface area contributed by atoms with E-state index in [1.807, 2.05) is 24.3 Å². The maximum atomic E-state index is 12.6. The number of Topliss-reactive ketones (excluding diaryl/α,β-unsaturated/α-hetero) is 1. The van der Waals surface area contributed by atoms with Crippen LogP contribution >= 0.6 is 0 Å². The normalized spacial score (nSPS) is 23.4. The van der Waals surface area contributed by atoms with Gasteiger partial charge in [0.15, 0.2) is 11.4 Å². The molecule has 2 unspecified atom stereocenters. The number of ether oxygens (including phenoxy) is 1. The van der Waals surface area contributed by atoms with Gasteiger partial charge in [-0.25, -0.2) is 4.79 Å². The Morgan fingerprint density at radius 1 is 1.03 bits per heavy atom. The minimum absolute atomic E-state index is 0.0304. The lowest BCUT2D eigenvalue weighted by Gasteiger charge is -2.48. The van der Waals surface area contributed by atoms with Crippen molar-refractivity contribution in [2.75, 3.05) is 30.3 Å². The van der Waals surface area contributed by atoms with Gasteiger partial charge in [0.1, 0.15) is 0 Å². The van der Waals surface area contributed by atoms with Crippen LogP contribution in [0.1, 0.15) is 55.5 Å². The number of likely N-dealkylation sites (tertiary alicyclic amines) is 1. The van der Waals surface area contributed by atoms with E-state index < -0.39 is 11.7 Å². The Morgan fingerprint density at radius 3 is 2.35 bits per heavy atom. The summed E-state index contributed by atoms with van der Waals surface area (Å²) in [5.74, 6) is -0.146. The molecule has 1 aliphatic carbocycles. The highest BCUT2D eigenvalue weighted by molar-refractivity contribution is 5.98. The summed E-state index contributed by atoms with van der Waals surface area (Å²) >= 11 is 0. The van der Waals surface area contributed by atoms with Crippen LogP contribution in [0.3, 0.4) is 0 Å². The van der Waals surface area contributed by atoms with Crippen molar-refractivity contribution in [2.24, 2.45) is 0 Å². The topological polar surface area (TPSA) is 122 Å². The predicted octanol–water partition coefficient (Wildman–Crippen LogP) is 3.03. The number of nitrogens with zero attached hydrogens (tertiary/aromatic N) is 2. The Kier molecular flexibility index (Phi) is 6.17. The number of carbonyl (C=O) groups excluding carboxylic acids is 4. The van der Waals surface area contributed by atoms with Gasteiger partial charge < -0.3 is 20.7 Å². The number of hydrogen-bond donors (Lipinski definition) is 2. The minimum Gasteiger partial charge on any atom is -0.438 e. The van der Waals surface area contributed by atoms with E-state index in [4.69, 9.17) is 10.5 Å². The lowest BCUT2D eigenvalue weighted by atomic mass is 9.75. The molecule has 3 N–H and O–H groups in total. The van der Waals surface area contributed by atoms with Gasteiger partial charge in [0.05, 0.1) is 12.6 Å². The van der Waals surface area contributed by atoms with Gasteiger partial charge in [-0.3, -0.25) is 19.3 Å². The van der Waals surface area contributed by atoms with Crippen LogP contribution in [0.15, 0.2) is 48.5 Å². The average molecular weight is 505 g/mol. The third kappa shape index (κ3) is 4.77. The summed E-state index contributed by atoms with van der Waals surface area (Å²) in [6.45, 7) is 5.47. The summed E-state index contributed by atoms with van der Waals surface area (Å²) in [4.78, 5) is 52.6. The molecule has 37 heavy (non-hydrogen) atoms. The maximum Gasteiger partial charge on any atom is 0.415 e. The molecular formula is C28H32N4O5. The van der Waals surface area contributed by atoms with E-state index in [1.54, 1.807) is 41.0 Å². The highest BCUT2D eigenvalue weighted by atomic mass is 16.6. The molecule has 2 aromatic rings. The minimum atomic E-state index is -0.628. The van der Waals surface area contributed by atoms with Gasteiger partial charge in [-0.15, -0.1) is 0 Å². The van der Waals surface area contributed by atoms with Crippen molar-refractivity contribution >= 4 is 35.1 Å². The predicted molar refractivity (Wildman–Crippen MR) is 138 cm³/mol. The van der Waals surface area contributed by atoms with E-state index in [-0.39, 0.29) is 41.9 Å². The van der Waals surface area contributed by atoms with Crippen LogP contribution < -0.4 is 16.0 Å². The van der Waals surface area contributed by atoms with Crippen molar-refractivity contribution in [1.82, 2.24) is 10.2 Å². The van der Waals surface area contributed by atoms with Crippen molar-refractivity contribution in [3.05, 3.63) is 59.7 Å². The molecule has 2 heterocycles. The van der Waals surface area contributed by atoms with E-state index in [2.05, 4.69) is 12.2 Å². The van der Waals surface area contributed by atoms with Gasteiger partial charge in [0, 0.05) is 61.1 Å². The summed E-state index contributed by atoms with van der Waals surface area (Å²) in [7, 11) is 0. The van der Waals surface area contributed by atoms with E-state index in [9.17, 15) is 19.2 Å². The largest absolute Gasteiger partial charge is 0.438 e. The fourth-order valence-corrected chi connectivity index (χ4v) is 5.23. The quantitative estimate of drug-likeness (QED) is 0.421. The van der Waals surface area contributed by atoms with Crippen molar-refractivity contribution in [1.29, 1.82) is 0 Å². The molecule has 1 saturated carbocycles. The number of nitrogens with one attached hydrogen (secondary N) is 1. The lowest BCUT2D eigenvalue weighted by molar-refractivity contribution is -0.138. The second-order valence-corrected chi connectivity index (χ2v) is 10.6. The molecule has 9 heteroatoms. The number of carbonyl (C=O) groups is 4. The second-order valence-electron chi connectivity index (χ2n) is 10.6. The molecule has 1 spiro atoms. The zero-order chi connectivity index (χ0) is 26.4. The molecule has 2 aromatic carbocycles. The number of rotatable bonds is 8. The Hall–Kier alpha value is -3.88. The molecule has 2 aliphatic heterocycles. The second kappa shape index (κ2) is 9.21. The van der Waals surface area contributed by atoms with E-state index in [0.717, 1.165) is 11.3 Å². The molecule has 9 nitrogen and oxygen atoms in total. The van der Waals surface area contributed by atoms with Crippen LogP contribution in [-0.2, 0) is 19.7 Å². The highest BCUT2D eigenvalue weighted by Gasteiger charge is 2.64. The van der Waals surface area contributed by atoms with Crippen molar-refractivity contribution in [2.45, 2.75) is 56.6 Å². The van der Waals surface area contributed by atoms with E-state index in [0.29, 0.717) is 43.7 Å². The number of amides is 3. The van der Waals surface area contributed by atoms with Gasteiger partial charge in [0.2, 0.25) is 11.8 Å². The molecule has 0 radical (unpaired) electrons. The number of nitrogens with two attached hydrogens (primary N) is 1. The summed E-state index contributed by atoms with van der Waals surface area (Å²) < 4.78 is 5.63. The van der Waals surface area contributed by atoms with Crippen molar-refractivity contribution < 1.29 is 23.9 Å². The zero-order valence-corrected chi connectivity index (χ0v) is 21.2. The van der Waals surface area contributed by atoms with Crippen molar-refractivity contribution in [3.63, 3.8) is 0 Å². The van der Waals surface area contributed by atoms with Crippen molar-refractivity contribution in [3.8, 4) is 0 Å². The number of nitrogen functional groups attached to an aromatic ring is 1. The molecule has 2 saturated heterocycles. The Morgan fingerprint density at radius 2 is 1.70 bits per heavy atom. The molecule has 2 atom stereocenters. The summed E-state index contributed by atoms with van der Waals surface area (Å²) in [5.41, 5.74) is 7.83. The Balaban J connectivity index is 1.13. The molecule has 3 aliphatic rings. The molecule has 0 bridgehead atoms. The van der Waals surface area contributed by atoms with Gasteiger partial charge in [-0.1, -0.05) is 26.0 Å². The first kappa shape index (κ1) is 24.8.